The van der Waals surface area contributed by atoms with E-state index in [2.05, 4.69) is 10.6 Å². The number of rotatable bonds is 4. The van der Waals surface area contributed by atoms with E-state index < -0.39 is 17.9 Å². The maximum Gasteiger partial charge on any atom is 0.244 e. The van der Waals surface area contributed by atoms with Crippen molar-refractivity contribution in [3.8, 4) is 34.5 Å². The lowest BCUT2D eigenvalue weighted by Gasteiger charge is -2.25. The van der Waals surface area contributed by atoms with Crippen LogP contribution in [-0.2, 0) is 22.4 Å². The quantitative estimate of drug-likeness (QED) is 0.218. The van der Waals surface area contributed by atoms with Crippen LogP contribution in [0, 0.1) is 0 Å². The van der Waals surface area contributed by atoms with E-state index in [9.17, 15) is 24.9 Å². The standard InChI is InChI=1S/C36H36N2O8/c1-44-30-21-25(8-13-29(30)39)34(41)33-28-19-24(20-31(45-2)35(28)42)7-14-32(40)37-17-15-22-3-9-26(10-4-22)46-27-11-5-23(6-12-27)16-18-38-36(33)43/h3-14,19-21,33-34,39,41-42H,15-18H2,1-2H3,(H,37,40)(H,38,43)/b14-7+/t33?,34-/m1/s1. The van der Waals surface area contributed by atoms with Gasteiger partial charge in [-0.05, 0) is 89.7 Å². The maximum atomic E-state index is 13.8. The van der Waals surface area contributed by atoms with E-state index in [1.807, 2.05) is 48.5 Å². The molecule has 0 saturated heterocycles. The van der Waals surface area contributed by atoms with E-state index in [1.165, 1.54) is 56.7 Å². The number of aromatic hydroxyl groups is 2. The van der Waals surface area contributed by atoms with E-state index in [4.69, 9.17) is 14.2 Å². The molecule has 2 amide bonds. The van der Waals surface area contributed by atoms with Crippen LogP contribution in [0.5, 0.6) is 34.5 Å². The fraction of sp³-hybridized carbons (Fsp3) is 0.222. The second-order valence-electron chi connectivity index (χ2n) is 10.8. The lowest BCUT2D eigenvalue weighted by molar-refractivity contribution is -0.125. The zero-order chi connectivity index (χ0) is 32.6. The Kier molecular flexibility index (Phi) is 10.1. The molecule has 3 aliphatic rings. The Labute approximate surface area is 266 Å². The summed E-state index contributed by atoms with van der Waals surface area (Å²) < 4.78 is 16.6. The summed E-state index contributed by atoms with van der Waals surface area (Å²) in [5.41, 5.74) is 2.80. The van der Waals surface area contributed by atoms with Gasteiger partial charge in [0.2, 0.25) is 11.8 Å². The van der Waals surface area contributed by atoms with Gasteiger partial charge in [-0.1, -0.05) is 30.3 Å². The summed E-state index contributed by atoms with van der Waals surface area (Å²) in [6, 6.07) is 22.5. The summed E-state index contributed by atoms with van der Waals surface area (Å²) in [6.45, 7) is 0.639. The summed E-state index contributed by atoms with van der Waals surface area (Å²) in [6.07, 6.45) is 2.53. The smallest absolute Gasteiger partial charge is 0.244 e. The zero-order valence-electron chi connectivity index (χ0n) is 25.5. The number of phenolic OH excluding ortho intramolecular Hbond substituents is 2. The number of hydrogen-bond acceptors (Lipinski definition) is 8. The minimum atomic E-state index is -1.47. The predicted octanol–water partition coefficient (Wildman–Crippen LogP) is 4.77. The van der Waals surface area contributed by atoms with E-state index in [0.29, 0.717) is 36.4 Å². The van der Waals surface area contributed by atoms with Crippen LogP contribution in [0.4, 0.5) is 0 Å². The molecule has 1 unspecified atom stereocenters. The third-order valence-corrected chi connectivity index (χ3v) is 7.76. The Morgan fingerprint density at radius 3 is 1.98 bits per heavy atom. The van der Waals surface area contributed by atoms with Crippen molar-refractivity contribution in [2.45, 2.75) is 24.9 Å². The summed E-state index contributed by atoms with van der Waals surface area (Å²) in [4.78, 5) is 26.5. The molecule has 0 aliphatic carbocycles. The first-order chi connectivity index (χ1) is 22.2. The third-order valence-electron chi connectivity index (χ3n) is 7.76. The summed E-state index contributed by atoms with van der Waals surface area (Å²) >= 11 is 0. The van der Waals surface area contributed by atoms with Gasteiger partial charge in [0, 0.05) is 24.7 Å². The maximum absolute atomic E-state index is 13.8. The van der Waals surface area contributed by atoms with Gasteiger partial charge < -0.3 is 40.2 Å². The molecule has 238 valence electrons. The SMILES string of the molecule is COc1cc([C@@H](O)C2C(=O)NCCc3ccc(cc3)Oc3ccc(cc3)CCNC(=O)/C=C/c3cc(OC)c(O)c2c3)ccc1O. The highest BCUT2D eigenvalue weighted by atomic mass is 16.5. The van der Waals surface area contributed by atoms with Gasteiger partial charge in [-0.25, -0.2) is 0 Å². The lowest BCUT2D eigenvalue weighted by Crippen LogP contribution is -2.34. The summed E-state index contributed by atoms with van der Waals surface area (Å²) in [7, 11) is 2.75. The number of fused-ring (bicyclic) bond motifs is 2. The highest BCUT2D eigenvalue weighted by Crippen LogP contribution is 2.43. The number of carbonyl (C=O) groups is 2. The van der Waals surface area contributed by atoms with Crippen LogP contribution in [0.1, 0.15) is 39.8 Å². The Morgan fingerprint density at radius 1 is 0.761 bits per heavy atom. The molecule has 0 saturated carbocycles. The number of benzene rings is 4. The van der Waals surface area contributed by atoms with Crippen LogP contribution in [0.25, 0.3) is 6.08 Å². The molecular formula is C36H36N2O8. The fourth-order valence-corrected chi connectivity index (χ4v) is 5.25. The highest BCUT2D eigenvalue weighted by Gasteiger charge is 2.34. The van der Waals surface area contributed by atoms with Crippen molar-refractivity contribution in [2.75, 3.05) is 27.3 Å². The van der Waals surface area contributed by atoms with Crippen LogP contribution >= 0.6 is 0 Å². The average molecular weight is 625 g/mol. The zero-order valence-corrected chi connectivity index (χ0v) is 25.5. The van der Waals surface area contributed by atoms with E-state index in [1.54, 1.807) is 0 Å². The van der Waals surface area contributed by atoms with Crippen LogP contribution in [0.2, 0.25) is 0 Å². The van der Waals surface area contributed by atoms with Crippen molar-refractivity contribution in [2.24, 2.45) is 0 Å². The topological polar surface area (TPSA) is 147 Å². The van der Waals surface area contributed by atoms with Crippen LogP contribution in [0.15, 0.2) is 84.9 Å². The molecule has 2 atom stereocenters. The number of nitrogens with one attached hydrogen (secondary N) is 2. The van der Waals surface area contributed by atoms with Crippen LogP contribution < -0.4 is 24.8 Å². The molecule has 6 bridgehead atoms. The summed E-state index contributed by atoms with van der Waals surface area (Å²) in [5.74, 6) is -1.15. The first-order valence-electron chi connectivity index (χ1n) is 14.8. The normalized spacial score (nSPS) is 16.9. The van der Waals surface area contributed by atoms with Gasteiger partial charge in [-0.3, -0.25) is 9.59 Å². The van der Waals surface area contributed by atoms with Gasteiger partial charge in [-0.2, -0.15) is 0 Å². The molecule has 3 aliphatic heterocycles. The molecule has 4 aromatic carbocycles. The largest absolute Gasteiger partial charge is 0.504 e. The Balaban J connectivity index is 1.52. The number of carbonyl (C=O) groups excluding carboxylic acids is 2. The molecule has 0 spiro atoms. The number of amides is 2. The molecular weight excluding hydrogens is 588 g/mol. The number of methoxy groups -OCH3 is 2. The van der Waals surface area contributed by atoms with Crippen LogP contribution in [0.3, 0.4) is 0 Å². The molecule has 0 fully saturated rings. The average Bonchev–Trinajstić information content (AvgIpc) is 3.06. The molecule has 10 heteroatoms. The molecule has 10 nitrogen and oxygen atoms in total. The van der Waals surface area contributed by atoms with Gasteiger partial charge >= 0.3 is 0 Å². The minimum Gasteiger partial charge on any atom is -0.504 e. The molecule has 7 rings (SSSR count). The number of ether oxygens (including phenoxy) is 3. The van der Waals surface area contributed by atoms with Crippen molar-refractivity contribution in [3.63, 3.8) is 0 Å². The van der Waals surface area contributed by atoms with Crippen molar-refractivity contribution >= 4 is 17.9 Å². The van der Waals surface area contributed by atoms with Gasteiger partial charge in [-0.15, -0.1) is 0 Å². The molecule has 46 heavy (non-hydrogen) atoms. The predicted molar refractivity (Wildman–Crippen MR) is 172 cm³/mol. The van der Waals surface area contributed by atoms with Crippen molar-refractivity contribution < 1.29 is 39.1 Å². The van der Waals surface area contributed by atoms with Crippen molar-refractivity contribution in [1.29, 1.82) is 0 Å². The van der Waals surface area contributed by atoms with Gasteiger partial charge in [0.15, 0.2) is 23.0 Å². The minimum absolute atomic E-state index is 0.0575. The Bertz CT molecular complexity index is 1720. The monoisotopic (exact) mass is 624 g/mol. The second-order valence-corrected chi connectivity index (χ2v) is 10.8. The number of aliphatic hydroxyl groups excluding tert-OH is 1. The Hall–Kier alpha value is -5.48. The first kappa shape index (κ1) is 31.9. The molecule has 0 radical (unpaired) electrons. The Morgan fingerprint density at radius 2 is 1.37 bits per heavy atom. The summed E-state index contributed by atoms with van der Waals surface area (Å²) in [5, 5.41) is 38.7. The molecule has 5 N–H and O–H groups in total. The fourth-order valence-electron chi connectivity index (χ4n) is 5.25. The number of phenols is 2. The number of hydrogen-bond donors (Lipinski definition) is 5. The molecule has 0 aromatic heterocycles. The second kappa shape index (κ2) is 14.5. The van der Waals surface area contributed by atoms with Gasteiger partial charge in [0.1, 0.15) is 11.5 Å². The van der Waals surface area contributed by atoms with Crippen LogP contribution in [-0.4, -0.2) is 54.4 Å². The number of aliphatic hydroxyl groups is 1. The lowest BCUT2D eigenvalue weighted by atomic mass is 9.86. The van der Waals surface area contributed by atoms with Gasteiger partial charge in [0.25, 0.3) is 0 Å². The van der Waals surface area contributed by atoms with E-state index in [0.717, 1.165) is 11.1 Å². The van der Waals surface area contributed by atoms with E-state index in [-0.39, 0.29) is 46.6 Å². The first-order valence-corrected chi connectivity index (χ1v) is 14.8. The van der Waals surface area contributed by atoms with Crippen molar-refractivity contribution in [1.82, 2.24) is 10.6 Å². The molecule has 4 aromatic rings. The third kappa shape index (κ3) is 7.59. The van der Waals surface area contributed by atoms with Gasteiger partial charge in [0.05, 0.1) is 26.2 Å². The van der Waals surface area contributed by atoms with Crippen molar-refractivity contribution in [3.05, 3.63) is 113 Å². The highest BCUT2D eigenvalue weighted by molar-refractivity contribution is 5.92. The van der Waals surface area contributed by atoms with E-state index >= 15 is 0 Å². The molecule has 3 heterocycles.